The highest BCUT2D eigenvalue weighted by atomic mass is 16.8. The van der Waals surface area contributed by atoms with Gasteiger partial charge in [-0.3, -0.25) is 0 Å². The molecular weight excluding hydrogens is 252 g/mol. The molecule has 0 amide bonds. The van der Waals surface area contributed by atoms with Crippen LogP contribution in [-0.2, 0) is 20.8 Å². The Hall–Kier alpha value is -0.900. The second-order valence-electron chi connectivity index (χ2n) is 6.55. The zero-order chi connectivity index (χ0) is 14.6. The van der Waals surface area contributed by atoms with Crippen molar-refractivity contribution < 1.29 is 14.2 Å². The van der Waals surface area contributed by atoms with E-state index in [4.69, 9.17) is 14.2 Å². The average molecular weight is 278 g/mol. The van der Waals surface area contributed by atoms with Gasteiger partial charge < -0.3 is 14.2 Å². The standard InChI is InChI=1S/C17H26O3/c1-14(2)10-17(4)19-13-16(3,20-17)12-18-11-15-8-6-5-7-9-15/h5-9,14H,10-13H2,1-4H3. The molecule has 0 radical (unpaired) electrons. The fraction of sp³-hybridized carbons (Fsp3) is 0.647. The molecule has 1 heterocycles. The van der Waals surface area contributed by atoms with Crippen LogP contribution in [0.2, 0.25) is 0 Å². The predicted octanol–water partition coefficient (Wildman–Crippen LogP) is 3.77. The Morgan fingerprint density at radius 1 is 1.20 bits per heavy atom. The van der Waals surface area contributed by atoms with Gasteiger partial charge in [0.15, 0.2) is 5.79 Å². The van der Waals surface area contributed by atoms with Crippen LogP contribution < -0.4 is 0 Å². The molecule has 2 unspecified atom stereocenters. The monoisotopic (exact) mass is 278 g/mol. The summed E-state index contributed by atoms with van der Waals surface area (Å²) in [7, 11) is 0. The molecular formula is C17H26O3. The summed E-state index contributed by atoms with van der Waals surface area (Å²) in [6.07, 6.45) is 0.904. The first-order chi connectivity index (χ1) is 9.41. The van der Waals surface area contributed by atoms with Gasteiger partial charge in [-0.25, -0.2) is 0 Å². The lowest BCUT2D eigenvalue weighted by Crippen LogP contribution is -2.37. The molecule has 2 atom stereocenters. The molecule has 1 aliphatic heterocycles. The Morgan fingerprint density at radius 3 is 2.55 bits per heavy atom. The highest BCUT2D eigenvalue weighted by Crippen LogP contribution is 2.35. The van der Waals surface area contributed by atoms with Gasteiger partial charge in [-0.05, 0) is 25.3 Å². The molecule has 3 heteroatoms. The second kappa shape index (κ2) is 6.25. The Kier molecular flexibility index (Phi) is 4.84. The van der Waals surface area contributed by atoms with Crippen molar-refractivity contribution in [2.24, 2.45) is 5.92 Å². The number of hydrogen-bond acceptors (Lipinski definition) is 3. The Labute approximate surface area is 122 Å². The minimum atomic E-state index is -0.473. The number of benzene rings is 1. The summed E-state index contributed by atoms with van der Waals surface area (Å²) in [5.41, 5.74) is 0.832. The lowest BCUT2D eigenvalue weighted by atomic mass is 10.0. The highest BCUT2D eigenvalue weighted by molar-refractivity contribution is 5.13. The van der Waals surface area contributed by atoms with Crippen LogP contribution in [0.15, 0.2) is 30.3 Å². The molecule has 0 aromatic heterocycles. The molecule has 0 N–H and O–H groups in total. The van der Waals surface area contributed by atoms with Gasteiger partial charge in [0.05, 0.1) is 19.8 Å². The smallest absolute Gasteiger partial charge is 0.166 e. The highest BCUT2D eigenvalue weighted by Gasteiger charge is 2.45. The lowest BCUT2D eigenvalue weighted by Gasteiger charge is -2.28. The Morgan fingerprint density at radius 2 is 1.90 bits per heavy atom. The third kappa shape index (κ3) is 4.30. The summed E-state index contributed by atoms with van der Waals surface area (Å²) in [6.45, 7) is 10.2. The zero-order valence-corrected chi connectivity index (χ0v) is 13.0. The number of ether oxygens (including phenoxy) is 3. The largest absolute Gasteiger partial charge is 0.374 e. The van der Waals surface area contributed by atoms with Crippen LogP contribution >= 0.6 is 0 Å². The van der Waals surface area contributed by atoms with Crippen LogP contribution in [0.1, 0.15) is 39.7 Å². The topological polar surface area (TPSA) is 27.7 Å². The van der Waals surface area contributed by atoms with Gasteiger partial charge in [0.25, 0.3) is 0 Å². The fourth-order valence-corrected chi connectivity index (χ4v) is 2.76. The van der Waals surface area contributed by atoms with Crippen molar-refractivity contribution in [2.45, 2.75) is 52.1 Å². The Balaban J connectivity index is 1.81. The van der Waals surface area contributed by atoms with E-state index in [2.05, 4.69) is 32.9 Å². The van der Waals surface area contributed by atoms with E-state index in [0.29, 0.717) is 25.7 Å². The minimum absolute atomic E-state index is 0.349. The first-order valence-electron chi connectivity index (χ1n) is 7.37. The third-order valence-corrected chi connectivity index (χ3v) is 3.44. The molecule has 0 bridgehead atoms. The molecule has 1 aromatic carbocycles. The van der Waals surface area contributed by atoms with Gasteiger partial charge in [-0.15, -0.1) is 0 Å². The van der Waals surface area contributed by atoms with Gasteiger partial charge in [0.1, 0.15) is 5.60 Å². The van der Waals surface area contributed by atoms with Crippen molar-refractivity contribution in [3.05, 3.63) is 35.9 Å². The second-order valence-corrected chi connectivity index (χ2v) is 6.55. The molecule has 1 fully saturated rings. The summed E-state index contributed by atoms with van der Waals surface area (Å²) >= 11 is 0. The van der Waals surface area contributed by atoms with Gasteiger partial charge in [0.2, 0.25) is 0 Å². The fourth-order valence-electron chi connectivity index (χ4n) is 2.76. The first-order valence-corrected chi connectivity index (χ1v) is 7.37. The SMILES string of the molecule is CC(C)CC1(C)OCC(C)(COCc2ccccc2)O1. The van der Waals surface area contributed by atoms with Gasteiger partial charge in [0, 0.05) is 6.42 Å². The molecule has 3 nitrogen and oxygen atoms in total. The summed E-state index contributed by atoms with van der Waals surface area (Å²) in [5.74, 6) is 0.0755. The van der Waals surface area contributed by atoms with Crippen LogP contribution in [-0.4, -0.2) is 24.6 Å². The van der Waals surface area contributed by atoms with E-state index in [1.165, 1.54) is 5.56 Å². The van der Waals surface area contributed by atoms with Crippen LogP contribution in [0, 0.1) is 5.92 Å². The maximum atomic E-state index is 6.14. The minimum Gasteiger partial charge on any atom is -0.374 e. The molecule has 0 saturated carbocycles. The van der Waals surface area contributed by atoms with Crippen molar-refractivity contribution in [2.75, 3.05) is 13.2 Å². The molecule has 1 aromatic rings. The van der Waals surface area contributed by atoms with Crippen molar-refractivity contribution in [3.63, 3.8) is 0 Å². The van der Waals surface area contributed by atoms with E-state index < -0.39 is 5.79 Å². The molecule has 112 valence electrons. The van der Waals surface area contributed by atoms with Crippen LogP contribution in [0.3, 0.4) is 0 Å². The molecule has 0 aliphatic carbocycles. The van der Waals surface area contributed by atoms with Crippen LogP contribution in [0.5, 0.6) is 0 Å². The predicted molar refractivity (Wildman–Crippen MR) is 79.4 cm³/mol. The van der Waals surface area contributed by atoms with Crippen LogP contribution in [0.4, 0.5) is 0 Å². The van der Waals surface area contributed by atoms with Crippen molar-refractivity contribution in [1.29, 1.82) is 0 Å². The van der Waals surface area contributed by atoms with E-state index in [-0.39, 0.29) is 5.60 Å². The normalized spacial score (nSPS) is 30.1. The van der Waals surface area contributed by atoms with E-state index in [9.17, 15) is 0 Å². The molecule has 1 aliphatic rings. The number of hydrogen-bond donors (Lipinski definition) is 0. The van der Waals surface area contributed by atoms with Gasteiger partial charge >= 0.3 is 0 Å². The summed E-state index contributed by atoms with van der Waals surface area (Å²) in [4.78, 5) is 0. The Bertz CT molecular complexity index is 418. The summed E-state index contributed by atoms with van der Waals surface area (Å²) < 4.78 is 17.8. The van der Waals surface area contributed by atoms with Crippen molar-refractivity contribution >= 4 is 0 Å². The summed E-state index contributed by atoms with van der Waals surface area (Å²) in [6, 6.07) is 10.2. The van der Waals surface area contributed by atoms with Gasteiger partial charge in [-0.1, -0.05) is 44.2 Å². The lowest BCUT2D eigenvalue weighted by molar-refractivity contribution is -0.190. The summed E-state index contributed by atoms with van der Waals surface area (Å²) in [5, 5.41) is 0. The van der Waals surface area contributed by atoms with E-state index in [1.54, 1.807) is 0 Å². The molecule has 2 rings (SSSR count). The number of rotatable bonds is 6. The average Bonchev–Trinajstić information content (AvgIpc) is 2.65. The quantitative estimate of drug-likeness (QED) is 0.792. The molecule has 0 spiro atoms. The maximum absolute atomic E-state index is 6.14. The molecule has 20 heavy (non-hydrogen) atoms. The van der Waals surface area contributed by atoms with E-state index in [1.807, 2.05) is 25.1 Å². The van der Waals surface area contributed by atoms with Crippen molar-refractivity contribution in [3.8, 4) is 0 Å². The first kappa shape index (κ1) is 15.5. The van der Waals surface area contributed by atoms with Crippen molar-refractivity contribution in [1.82, 2.24) is 0 Å². The maximum Gasteiger partial charge on any atom is 0.166 e. The zero-order valence-electron chi connectivity index (χ0n) is 13.0. The third-order valence-electron chi connectivity index (χ3n) is 3.44. The van der Waals surface area contributed by atoms with E-state index in [0.717, 1.165) is 6.42 Å². The van der Waals surface area contributed by atoms with Crippen LogP contribution in [0.25, 0.3) is 0 Å². The molecule has 1 saturated heterocycles. The van der Waals surface area contributed by atoms with E-state index >= 15 is 0 Å². The van der Waals surface area contributed by atoms with Gasteiger partial charge in [-0.2, -0.15) is 0 Å².